The van der Waals surface area contributed by atoms with Crippen LogP contribution in [0.1, 0.15) is 6.42 Å². The van der Waals surface area contributed by atoms with Gasteiger partial charge in [0.25, 0.3) is 0 Å². The Balaban J connectivity index is 2.67. The van der Waals surface area contributed by atoms with E-state index < -0.39 is 12.1 Å². The minimum Gasteiger partial charge on any atom is -0.477 e. The summed E-state index contributed by atoms with van der Waals surface area (Å²) >= 11 is 0. The molecule has 0 spiro atoms. The molecule has 0 fully saturated rings. The summed E-state index contributed by atoms with van der Waals surface area (Å²) in [5, 5.41) is 12.8. The Hall–Kier alpha value is -1.14. The summed E-state index contributed by atoms with van der Waals surface area (Å²) in [6, 6.07) is 0. The molecule has 0 amide bonds. The molecular weight excluding hydrogens is 136 g/mol. The highest BCUT2D eigenvalue weighted by molar-refractivity contribution is 6.36. The molecule has 0 aromatic rings. The topological polar surface area (TPSA) is 105 Å². The van der Waals surface area contributed by atoms with Crippen molar-refractivity contribution in [2.45, 2.75) is 12.6 Å². The van der Waals surface area contributed by atoms with E-state index in [9.17, 15) is 4.79 Å². The molecule has 1 unspecified atom stereocenters. The van der Waals surface area contributed by atoms with Gasteiger partial charge >= 0.3 is 5.97 Å². The number of hydrogen-bond acceptors (Lipinski definition) is 5. The van der Waals surface area contributed by atoms with E-state index in [-0.39, 0.29) is 12.1 Å². The molecule has 0 saturated heterocycles. The van der Waals surface area contributed by atoms with Gasteiger partial charge in [-0.05, 0) is 0 Å². The van der Waals surface area contributed by atoms with Crippen molar-refractivity contribution < 1.29 is 9.90 Å². The number of carboxylic acid groups (broad SMARTS) is 1. The van der Waals surface area contributed by atoms with Crippen LogP contribution in [0.3, 0.4) is 0 Å². The lowest BCUT2D eigenvalue weighted by molar-refractivity contribution is -0.129. The first-order valence-electron chi connectivity index (χ1n) is 2.71. The van der Waals surface area contributed by atoms with Crippen LogP contribution >= 0.6 is 0 Å². The number of carboxylic acids is 1. The van der Waals surface area contributed by atoms with E-state index in [1.807, 2.05) is 0 Å². The molecule has 1 aliphatic heterocycles. The van der Waals surface area contributed by atoms with Crippen molar-refractivity contribution in [3.05, 3.63) is 0 Å². The molecule has 1 atom stereocenters. The predicted octanol–water partition coefficient (Wildman–Crippen LogP) is -1.71. The molecule has 0 aromatic heterocycles. The van der Waals surface area contributed by atoms with Crippen molar-refractivity contribution in [3.8, 4) is 0 Å². The van der Waals surface area contributed by atoms with Crippen LogP contribution in [0.4, 0.5) is 0 Å². The van der Waals surface area contributed by atoms with Crippen molar-refractivity contribution in [3.63, 3.8) is 0 Å². The Morgan fingerprint density at radius 1 is 1.90 bits per heavy atom. The van der Waals surface area contributed by atoms with Crippen LogP contribution in [0, 0.1) is 0 Å². The first kappa shape index (κ1) is 6.97. The molecule has 1 aliphatic rings. The molecular formula is C4H8N4O2. The summed E-state index contributed by atoms with van der Waals surface area (Å²) in [5.74, 6) is 4.10. The number of aliphatic carboxylic acids is 1. The van der Waals surface area contributed by atoms with Crippen molar-refractivity contribution in [1.29, 1.82) is 0 Å². The molecule has 0 radical (unpaired) electrons. The Morgan fingerprint density at radius 2 is 2.50 bits per heavy atom. The maximum atomic E-state index is 10.2. The third-order valence-electron chi connectivity index (χ3n) is 1.23. The van der Waals surface area contributed by atoms with Crippen molar-refractivity contribution >= 4 is 11.7 Å². The van der Waals surface area contributed by atoms with Crippen LogP contribution < -0.4 is 11.6 Å². The zero-order chi connectivity index (χ0) is 7.72. The van der Waals surface area contributed by atoms with Crippen molar-refractivity contribution in [1.82, 2.24) is 5.12 Å². The fourth-order valence-corrected chi connectivity index (χ4v) is 0.676. The second-order valence-electron chi connectivity index (χ2n) is 2.00. The summed E-state index contributed by atoms with van der Waals surface area (Å²) in [7, 11) is 0. The van der Waals surface area contributed by atoms with Crippen LogP contribution in [-0.2, 0) is 4.79 Å². The summed E-state index contributed by atoms with van der Waals surface area (Å²) < 4.78 is 0. The smallest absolute Gasteiger partial charge is 0.352 e. The van der Waals surface area contributed by atoms with E-state index in [2.05, 4.69) is 5.10 Å². The first-order chi connectivity index (χ1) is 4.61. The molecule has 10 heavy (non-hydrogen) atoms. The van der Waals surface area contributed by atoms with Gasteiger partial charge in [-0.25, -0.2) is 15.8 Å². The molecule has 5 N–H and O–H groups in total. The maximum Gasteiger partial charge on any atom is 0.352 e. The van der Waals surface area contributed by atoms with Gasteiger partial charge in [-0.2, -0.15) is 5.10 Å². The highest BCUT2D eigenvalue weighted by Gasteiger charge is 2.24. The largest absolute Gasteiger partial charge is 0.477 e. The number of carbonyl (C=O) groups is 1. The summed E-state index contributed by atoms with van der Waals surface area (Å²) in [6.45, 7) is 0. The average molecular weight is 144 g/mol. The van der Waals surface area contributed by atoms with Crippen LogP contribution in [0.2, 0.25) is 0 Å². The SMILES string of the molecule is NC1CC(C(=O)O)=NN1N. The van der Waals surface area contributed by atoms with Crippen LogP contribution in [0.25, 0.3) is 0 Å². The summed E-state index contributed by atoms with van der Waals surface area (Å²) in [6.07, 6.45) is -0.294. The maximum absolute atomic E-state index is 10.2. The van der Waals surface area contributed by atoms with E-state index in [0.29, 0.717) is 0 Å². The lowest BCUT2D eigenvalue weighted by atomic mass is 10.2. The van der Waals surface area contributed by atoms with Gasteiger partial charge in [0.1, 0.15) is 6.17 Å². The molecule has 56 valence electrons. The Kier molecular flexibility index (Phi) is 1.56. The van der Waals surface area contributed by atoms with Crippen LogP contribution in [0.15, 0.2) is 5.10 Å². The lowest BCUT2D eigenvalue weighted by Gasteiger charge is -2.10. The van der Waals surface area contributed by atoms with Gasteiger partial charge in [0.05, 0.1) is 0 Å². The molecule has 6 heteroatoms. The zero-order valence-electron chi connectivity index (χ0n) is 5.19. The number of nitrogens with zero attached hydrogens (tertiary/aromatic N) is 2. The highest BCUT2D eigenvalue weighted by atomic mass is 16.4. The van der Waals surface area contributed by atoms with Crippen LogP contribution in [-0.4, -0.2) is 28.1 Å². The molecule has 0 saturated carbocycles. The van der Waals surface area contributed by atoms with E-state index in [1.165, 1.54) is 0 Å². The average Bonchev–Trinajstić information content (AvgIpc) is 2.13. The predicted molar refractivity (Wildman–Crippen MR) is 33.7 cm³/mol. The minimum absolute atomic E-state index is 0.00926. The van der Waals surface area contributed by atoms with Crippen molar-refractivity contribution in [2.75, 3.05) is 0 Å². The molecule has 0 aromatic carbocycles. The van der Waals surface area contributed by atoms with E-state index in [0.717, 1.165) is 5.12 Å². The Labute approximate surface area is 57.1 Å². The zero-order valence-corrected chi connectivity index (χ0v) is 5.19. The highest BCUT2D eigenvalue weighted by Crippen LogP contribution is 2.05. The molecule has 0 aliphatic carbocycles. The number of hydrogen-bond donors (Lipinski definition) is 3. The van der Waals surface area contributed by atoms with Crippen molar-refractivity contribution in [2.24, 2.45) is 16.7 Å². The quantitative estimate of drug-likeness (QED) is 0.380. The summed E-state index contributed by atoms with van der Waals surface area (Å²) in [5.41, 5.74) is 5.34. The third-order valence-corrected chi connectivity index (χ3v) is 1.23. The number of nitrogens with two attached hydrogens (primary N) is 2. The second kappa shape index (κ2) is 2.24. The Morgan fingerprint density at radius 3 is 2.70 bits per heavy atom. The Bertz CT molecular complexity index is 190. The van der Waals surface area contributed by atoms with E-state index in [1.54, 1.807) is 0 Å². The van der Waals surface area contributed by atoms with Gasteiger partial charge in [-0.1, -0.05) is 0 Å². The number of hydrazine groups is 1. The molecule has 1 heterocycles. The van der Waals surface area contributed by atoms with E-state index >= 15 is 0 Å². The fraction of sp³-hybridized carbons (Fsp3) is 0.500. The van der Waals surface area contributed by atoms with Gasteiger partial charge in [-0.3, -0.25) is 0 Å². The third kappa shape index (κ3) is 1.07. The van der Waals surface area contributed by atoms with E-state index in [4.69, 9.17) is 16.7 Å². The van der Waals surface area contributed by atoms with Gasteiger partial charge in [0.15, 0.2) is 5.71 Å². The van der Waals surface area contributed by atoms with Gasteiger partial charge < -0.3 is 10.8 Å². The van der Waals surface area contributed by atoms with Crippen LogP contribution in [0.5, 0.6) is 0 Å². The fourth-order valence-electron chi connectivity index (χ4n) is 0.676. The molecule has 0 bridgehead atoms. The summed E-state index contributed by atoms with van der Waals surface area (Å²) in [4.78, 5) is 10.2. The normalized spacial score (nSPS) is 24.8. The first-order valence-corrected chi connectivity index (χ1v) is 2.71. The number of hydrazone groups is 1. The minimum atomic E-state index is -1.07. The number of rotatable bonds is 1. The lowest BCUT2D eigenvalue weighted by Crippen LogP contribution is -2.39. The second-order valence-corrected chi connectivity index (χ2v) is 2.00. The monoisotopic (exact) mass is 144 g/mol. The van der Waals surface area contributed by atoms with Gasteiger partial charge in [0, 0.05) is 6.42 Å². The van der Waals surface area contributed by atoms with Gasteiger partial charge in [0.2, 0.25) is 0 Å². The molecule has 6 nitrogen and oxygen atoms in total. The van der Waals surface area contributed by atoms with Gasteiger partial charge in [-0.15, -0.1) is 0 Å². The molecule has 1 rings (SSSR count). The standard InChI is InChI=1S/C4H8N4O2/c5-3-1-2(4(9)10)7-8(3)6/h3H,1,5-6H2,(H,9,10).